The fourth-order valence-electron chi connectivity index (χ4n) is 2.00. The molecular weight excluding hydrogens is 312 g/mol. The summed E-state index contributed by atoms with van der Waals surface area (Å²) in [5.41, 5.74) is 1.44. The molecule has 7 heteroatoms. The molecule has 23 heavy (non-hydrogen) atoms. The molecule has 0 saturated heterocycles. The van der Waals surface area contributed by atoms with Crippen LogP contribution in [0.1, 0.15) is 28.2 Å². The Labute approximate surface area is 140 Å². The van der Waals surface area contributed by atoms with E-state index < -0.39 is 0 Å². The third-order valence-corrected chi connectivity index (χ3v) is 4.16. The Balaban J connectivity index is 1.92. The molecule has 0 spiro atoms. The van der Waals surface area contributed by atoms with Crippen LogP contribution in [0.4, 0.5) is 0 Å². The van der Waals surface area contributed by atoms with E-state index >= 15 is 0 Å². The average molecular weight is 334 g/mol. The predicted molar refractivity (Wildman–Crippen MR) is 90.5 cm³/mol. The summed E-state index contributed by atoms with van der Waals surface area (Å²) in [5, 5.41) is 7.60. The van der Waals surface area contributed by atoms with Gasteiger partial charge in [-0.1, -0.05) is 16.9 Å². The third-order valence-electron chi connectivity index (χ3n) is 3.12. The Bertz CT molecular complexity index is 643. The fourth-order valence-corrected chi connectivity index (χ4v) is 2.87. The molecule has 0 fully saturated rings. The molecule has 0 aliphatic heterocycles. The van der Waals surface area contributed by atoms with E-state index in [0.29, 0.717) is 22.9 Å². The van der Waals surface area contributed by atoms with Crippen LogP contribution in [-0.2, 0) is 5.75 Å². The van der Waals surface area contributed by atoms with Crippen molar-refractivity contribution in [2.45, 2.75) is 24.1 Å². The van der Waals surface area contributed by atoms with Gasteiger partial charge in [-0.15, -0.1) is 0 Å². The molecule has 0 aliphatic carbocycles. The average Bonchev–Trinajstić information content (AvgIpc) is 2.95. The van der Waals surface area contributed by atoms with Crippen molar-refractivity contribution in [2.24, 2.45) is 0 Å². The summed E-state index contributed by atoms with van der Waals surface area (Å²) >= 11 is 1.48. The number of nitrogens with one attached hydrogen (secondary N) is 1. The van der Waals surface area contributed by atoms with Gasteiger partial charge in [0.05, 0.1) is 11.3 Å². The van der Waals surface area contributed by atoms with Gasteiger partial charge < -0.3 is 14.7 Å². The molecule has 0 aromatic carbocycles. The van der Waals surface area contributed by atoms with Gasteiger partial charge in [0.25, 0.3) is 5.91 Å². The number of hydrogen-bond donors (Lipinski definition) is 1. The van der Waals surface area contributed by atoms with Crippen LogP contribution in [0.5, 0.6) is 0 Å². The number of thioether (sulfide) groups is 1. The standard InChI is InChI=1S/C16H22N4O2S/c1-12-10-13(19-22-12)11-23-16-14(6-4-7-18-16)15(21)17-8-5-9-20(2)3/h4,6-7,10H,5,8-9,11H2,1-3H3,(H,17,21). The zero-order valence-electron chi connectivity index (χ0n) is 13.7. The maximum absolute atomic E-state index is 12.3. The van der Waals surface area contributed by atoms with E-state index in [1.165, 1.54) is 11.8 Å². The minimum absolute atomic E-state index is 0.0873. The van der Waals surface area contributed by atoms with Crippen LogP contribution in [0, 0.1) is 6.92 Å². The van der Waals surface area contributed by atoms with E-state index in [-0.39, 0.29) is 5.91 Å². The van der Waals surface area contributed by atoms with Gasteiger partial charge in [0.1, 0.15) is 10.8 Å². The normalized spacial score (nSPS) is 11.0. The summed E-state index contributed by atoms with van der Waals surface area (Å²) in [4.78, 5) is 18.7. The maximum Gasteiger partial charge on any atom is 0.254 e. The first-order chi connectivity index (χ1) is 11.1. The molecule has 2 aromatic rings. The Hall–Kier alpha value is -1.86. The van der Waals surface area contributed by atoms with Crippen LogP contribution in [-0.4, -0.2) is 48.1 Å². The molecule has 1 N–H and O–H groups in total. The fraction of sp³-hybridized carbons (Fsp3) is 0.438. The Morgan fingerprint density at radius 2 is 2.26 bits per heavy atom. The van der Waals surface area contributed by atoms with Crippen molar-refractivity contribution in [1.82, 2.24) is 20.4 Å². The van der Waals surface area contributed by atoms with Gasteiger partial charge in [0.15, 0.2) is 0 Å². The van der Waals surface area contributed by atoms with Crippen molar-refractivity contribution in [3.05, 3.63) is 41.4 Å². The van der Waals surface area contributed by atoms with E-state index in [0.717, 1.165) is 24.4 Å². The van der Waals surface area contributed by atoms with Crippen molar-refractivity contribution < 1.29 is 9.32 Å². The number of nitrogens with zero attached hydrogens (tertiary/aromatic N) is 3. The van der Waals surface area contributed by atoms with Crippen molar-refractivity contribution >= 4 is 17.7 Å². The maximum atomic E-state index is 12.3. The number of hydrogen-bond acceptors (Lipinski definition) is 6. The summed E-state index contributed by atoms with van der Waals surface area (Å²) in [6.45, 7) is 3.45. The van der Waals surface area contributed by atoms with Gasteiger partial charge in [-0.25, -0.2) is 4.98 Å². The van der Waals surface area contributed by atoms with Crippen LogP contribution >= 0.6 is 11.8 Å². The van der Waals surface area contributed by atoms with Crippen LogP contribution in [0.15, 0.2) is 33.9 Å². The number of amides is 1. The van der Waals surface area contributed by atoms with E-state index in [1.807, 2.05) is 27.1 Å². The Morgan fingerprint density at radius 3 is 2.96 bits per heavy atom. The molecule has 124 valence electrons. The number of carbonyl (C=O) groups is 1. The van der Waals surface area contributed by atoms with Crippen molar-refractivity contribution in [2.75, 3.05) is 27.2 Å². The zero-order valence-corrected chi connectivity index (χ0v) is 14.5. The first kappa shape index (κ1) is 17.5. The van der Waals surface area contributed by atoms with Gasteiger partial charge in [0.2, 0.25) is 0 Å². The minimum Gasteiger partial charge on any atom is -0.361 e. The van der Waals surface area contributed by atoms with Crippen LogP contribution in [0.2, 0.25) is 0 Å². The highest BCUT2D eigenvalue weighted by Crippen LogP contribution is 2.24. The van der Waals surface area contributed by atoms with E-state index in [2.05, 4.69) is 20.4 Å². The van der Waals surface area contributed by atoms with Crippen LogP contribution in [0.25, 0.3) is 0 Å². The van der Waals surface area contributed by atoms with Gasteiger partial charge in [-0.3, -0.25) is 4.79 Å². The smallest absolute Gasteiger partial charge is 0.254 e. The van der Waals surface area contributed by atoms with Crippen molar-refractivity contribution in [3.8, 4) is 0 Å². The van der Waals surface area contributed by atoms with Gasteiger partial charge in [0, 0.05) is 24.6 Å². The van der Waals surface area contributed by atoms with E-state index in [9.17, 15) is 4.79 Å². The largest absolute Gasteiger partial charge is 0.361 e. The highest BCUT2D eigenvalue weighted by atomic mass is 32.2. The summed E-state index contributed by atoms with van der Waals surface area (Å²) in [7, 11) is 4.03. The second-order valence-corrected chi connectivity index (χ2v) is 6.45. The number of pyridine rings is 1. The number of carbonyl (C=O) groups excluding carboxylic acids is 1. The van der Waals surface area contributed by atoms with Gasteiger partial charge in [-0.2, -0.15) is 0 Å². The predicted octanol–water partition coefficient (Wildman–Crippen LogP) is 2.35. The molecule has 1 amide bonds. The molecule has 2 heterocycles. The number of aromatic nitrogens is 2. The Morgan fingerprint density at radius 1 is 1.43 bits per heavy atom. The molecule has 6 nitrogen and oxygen atoms in total. The van der Waals surface area contributed by atoms with Gasteiger partial charge in [-0.05, 0) is 46.1 Å². The van der Waals surface area contributed by atoms with E-state index in [1.54, 1.807) is 18.3 Å². The van der Waals surface area contributed by atoms with E-state index in [4.69, 9.17) is 4.52 Å². The lowest BCUT2D eigenvalue weighted by Crippen LogP contribution is -2.27. The van der Waals surface area contributed by atoms with Crippen molar-refractivity contribution in [3.63, 3.8) is 0 Å². The number of aryl methyl sites for hydroxylation is 1. The Kier molecular flexibility index (Phi) is 6.61. The monoisotopic (exact) mass is 334 g/mol. The van der Waals surface area contributed by atoms with Crippen LogP contribution < -0.4 is 5.32 Å². The second-order valence-electron chi connectivity index (χ2n) is 5.49. The summed E-state index contributed by atoms with van der Waals surface area (Å²) in [5.74, 6) is 1.31. The second kappa shape index (κ2) is 8.69. The lowest BCUT2D eigenvalue weighted by molar-refractivity contribution is 0.0948. The number of rotatable bonds is 8. The third kappa shape index (κ3) is 5.69. The van der Waals surface area contributed by atoms with Crippen LogP contribution in [0.3, 0.4) is 0 Å². The lowest BCUT2D eigenvalue weighted by atomic mass is 10.2. The molecule has 2 rings (SSSR count). The quantitative estimate of drug-likeness (QED) is 0.590. The van der Waals surface area contributed by atoms with Crippen molar-refractivity contribution in [1.29, 1.82) is 0 Å². The lowest BCUT2D eigenvalue weighted by Gasteiger charge is -2.11. The molecule has 0 unspecified atom stereocenters. The molecule has 0 saturated carbocycles. The molecular formula is C16H22N4O2S. The summed E-state index contributed by atoms with van der Waals surface area (Å²) < 4.78 is 5.05. The SMILES string of the molecule is Cc1cc(CSc2ncccc2C(=O)NCCCN(C)C)no1. The van der Waals surface area contributed by atoms with Gasteiger partial charge >= 0.3 is 0 Å². The molecule has 2 aromatic heterocycles. The molecule has 0 bridgehead atoms. The topological polar surface area (TPSA) is 71.3 Å². The highest BCUT2D eigenvalue weighted by Gasteiger charge is 2.13. The highest BCUT2D eigenvalue weighted by molar-refractivity contribution is 7.98. The molecule has 0 radical (unpaired) electrons. The first-order valence-corrected chi connectivity index (χ1v) is 8.48. The molecule has 0 aliphatic rings. The zero-order chi connectivity index (χ0) is 16.7. The molecule has 0 atom stereocenters. The summed E-state index contributed by atoms with van der Waals surface area (Å²) in [6.07, 6.45) is 2.61. The first-order valence-electron chi connectivity index (χ1n) is 7.49. The minimum atomic E-state index is -0.0873. The summed E-state index contributed by atoms with van der Waals surface area (Å²) in [6, 6.07) is 5.46.